The summed E-state index contributed by atoms with van der Waals surface area (Å²) in [6.45, 7) is 7.35. The third-order valence-electron chi connectivity index (χ3n) is 2.09. The number of hydrogen-bond donors (Lipinski definition) is 2. The zero-order valence-corrected chi connectivity index (χ0v) is 7.76. The molecule has 0 saturated carbocycles. The SMILES string of the molecule is CCn1nc(C)c(CNO)c1C. The van der Waals surface area contributed by atoms with Gasteiger partial charge in [-0.25, -0.2) is 5.48 Å². The molecular formula is C8H15N3O. The summed E-state index contributed by atoms with van der Waals surface area (Å²) in [5.74, 6) is 0. The first-order valence-corrected chi connectivity index (χ1v) is 4.10. The molecular weight excluding hydrogens is 154 g/mol. The molecule has 0 radical (unpaired) electrons. The van der Waals surface area contributed by atoms with Gasteiger partial charge in [0.2, 0.25) is 0 Å². The van der Waals surface area contributed by atoms with Crippen LogP contribution in [0.25, 0.3) is 0 Å². The second-order valence-electron chi connectivity index (χ2n) is 2.80. The van der Waals surface area contributed by atoms with Gasteiger partial charge in [0.15, 0.2) is 0 Å². The first kappa shape index (κ1) is 9.22. The van der Waals surface area contributed by atoms with E-state index in [9.17, 15) is 0 Å². The van der Waals surface area contributed by atoms with Gasteiger partial charge in [-0.1, -0.05) is 0 Å². The number of aryl methyl sites for hydroxylation is 2. The van der Waals surface area contributed by atoms with E-state index in [1.54, 1.807) is 0 Å². The van der Waals surface area contributed by atoms with E-state index >= 15 is 0 Å². The first-order chi connectivity index (χ1) is 5.70. The number of nitrogens with one attached hydrogen (secondary N) is 1. The van der Waals surface area contributed by atoms with Crippen molar-refractivity contribution in [1.29, 1.82) is 0 Å². The Balaban J connectivity index is 3.01. The molecule has 0 saturated heterocycles. The normalized spacial score (nSPS) is 10.7. The number of hydrogen-bond acceptors (Lipinski definition) is 3. The number of hydroxylamine groups is 1. The molecule has 4 heteroatoms. The predicted molar refractivity (Wildman–Crippen MR) is 46.0 cm³/mol. The lowest BCUT2D eigenvalue weighted by atomic mass is 10.2. The molecule has 0 unspecified atom stereocenters. The van der Waals surface area contributed by atoms with Gasteiger partial charge in [0.1, 0.15) is 0 Å². The maximum atomic E-state index is 8.56. The molecule has 2 N–H and O–H groups in total. The Morgan fingerprint density at radius 1 is 1.50 bits per heavy atom. The van der Waals surface area contributed by atoms with E-state index in [1.165, 1.54) is 0 Å². The molecule has 12 heavy (non-hydrogen) atoms. The van der Waals surface area contributed by atoms with Gasteiger partial charge in [-0.3, -0.25) is 4.68 Å². The molecule has 0 atom stereocenters. The Morgan fingerprint density at radius 3 is 2.58 bits per heavy atom. The van der Waals surface area contributed by atoms with Gasteiger partial charge in [-0.15, -0.1) is 0 Å². The van der Waals surface area contributed by atoms with Crippen molar-refractivity contribution in [3.8, 4) is 0 Å². The van der Waals surface area contributed by atoms with Crippen LogP contribution < -0.4 is 5.48 Å². The summed E-state index contributed by atoms with van der Waals surface area (Å²) in [6, 6.07) is 0. The Hall–Kier alpha value is -0.870. The van der Waals surface area contributed by atoms with Crippen molar-refractivity contribution in [1.82, 2.24) is 15.3 Å². The van der Waals surface area contributed by atoms with Gasteiger partial charge in [0.25, 0.3) is 0 Å². The largest absolute Gasteiger partial charge is 0.316 e. The van der Waals surface area contributed by atoms with Crippen LogP contribution in [0.15, 0.2) is 0 Å². The third-order valence-corrected chi connectivity index (χ3v) is 2.09. The van der Waals surface area contributed by atoms with Crippen molar-refractivity contribution in [3.05, 3.63) is 17.0 Å². The lowest BCUT2D eigenvalue weighted by Crippen LogP contribution is -2.08. The molecule has 0 aliphatic rings. The molecule has 1 heterocycles. The van der Waals surface area contributed by atoms with Crippen molar-refractivity contribution < 1.29 is 5.21 Å². The minimum absolute atomic E-state index is 0.470. The molecule has 0 aliphatic heterocycles. The average Bonchev–Trinajstić information content (AvgIpc) is 2.32. The highest BCUT2D eigenvalue weighted by Gasteiger charge is 2.08. The fourth-order valence-corrected chi connectivity index (χ4v) is 1.38. The van der Waals surface area contributed by atoms with Crippen LogP contribution in [0.4, 0.5) is 0 Å². The highest BCUT2D eigenvalue weighted by atomic mass is 16.5. The second-order valence-corrected chi connectivity index (χ2v) is 2.80. The highest BCUT2D eigenvalue weighted by molar-refractivity contribution is 5.23. The van der Waals surface area contributed by atoms with Crippen LogP contribution in [0, 0.1) is 13.8 Å². The number of rotatable bonds is 3. The molecule has 0 spiro atoms. The summed E-state index contributed by atoms with van der Waals surface area (Å²) in [5, 5.41) is 12.9. The van der Waals surface area contributed by atoms with Crippen molar-refractivity contribution in [2.24, 2.45) is 0 Å². The summed E-state index contributed by atoms with van der Waals surface area (Å²) in [5.41, 5.74) is 5.34. The van der Waals surface area contributed by atoms with Crippen LogP contribution in [0.3, 0.4) is 0 Å². The number of aromatic nitrogens is 2. The van der Waals surface area contributed by atoms with Gasteiger partial charge in [-0.2, -0.15) is 5.10 Å². The fourth-order valence-electron chi connectivity index (χ4n) is 1.38. The van der Waals surface area contributed by atoms with Crippen LogP contribution in [-0.4, -0.2) is 15.0 Å². The maximum absolute atomic E-state index is 8.56. The summed E-state index contributed by atoms with van der Waals surface area (Å²) >= 11 is 0. The smallest absolute Gasteiger partial charge is 0.0642 e. The van der Waals surface area contributed by atoms with Crippen LogP contribution >= 0.6 is 0 Å². The zero-order chi connectivity index (χ0) is 9.14. The standard InChI is InChI=1S/C8H15N3O/c1-4-11-7(3)8(5-9-12)6(2)10-11/h9,12H,4-5H2,1-3H3. The van der Waals surface area contributed by atoms with Crippen molar-refractivity contribution in [2.45, 2.75) is 33.9 Å². The van der Waals surface area contributed by atoms with Crippen molar-refractivity contribution in [2.75, 3.05) is 0 Å². The van der Waals surface area contributed by atoms with Gasteiger partial charge in [0.05, 0.1) is 5.69 Å². The van der Waals surface area contributed by atoms with E-state index in [1.807, 2.05) is 18.5 Å². The lowest BCUT2D eigenvalue weighted by Gasteiger charge is -2.00. The minimum Gasteiger partial charge on any atom is -0.316 e. The number of nitrogens with zero attached hydrogens (tertiary/aromatic N) is 2. The Kier molecular flexibility index (Phi) is 2.83. The second kappa shape index (κ2) is 3.69. The van der Waals surface area contributed by atoms with Crippen molar-refractivity contribution in [3.63, 3.8) is 0 Å². The van der Waals surface area contributed by atoms with Crippen molar-refractivity contribution >= 4 is 0 Å². The van der Waals surface area contributed by atoms with E-state index in [-0.39, 0.29) is 0 Å². The lowest BCUT2D eigenvalue weighted by molar-refractivity contribution is 0.161. The molecule has 0 aliphatic carbocycles. The topological polar surface area (TPSA) is 50.1 Å². The van der Waals surface area contributed by atoms with Crippen LogP contribution in [-0.2, 0) is 13.1 Å². The minimum atomic E-state index is 0.470. The van der Waals surface area contributed by atoms with Crippen LogP contribution in [0.5, 0.6) is 0 Å². The van der Waals surface area contributed by atoms with Gasteiger partial charge < -0.3 is 5.21 Å². The summed E-state index contributed by atoms with van der Waals surface area (Å²) in [6.07, 6.45) is 0. The van der Waals surface area contributed by atoms with E-state index in [0.29, 0.717) is 6.54 Å². The van der Waals surface area contributed by atoms with E-state index in [0.717, 1.165) is 23.5 Å². The van der Waals surface area contributed by atoms with Gasteiger partial charge >= 0.3 is 0 Å². The molecule has 1 rings (SSSR count). The molecule has 4 nitrogen and oxygen atoms in total. The molecule has 1 aromatic rings. The van der Waals surface area contributed by atoms with Crippen LogP contribution in [0.2, 0.25) is 0 Å². The summed E-state index contributed by atoms with van der Waals surface area (Å²) in [4.78, 5) is 0. The average molecular weight is 169 g/mol. The van der Waals surface area contributed by atoms with E-state index in [2.05, 4.69) is 17.5 Å². The monoisotopic (exact) mass is 169 g/mol. The molecule has 0 fully saturated rings. The molecule has 0 bridgehead atoms. The molecule has 0 amide bonds. The molecule has 68 valence electrons. The van der Waals surface area contributed by atoms with Gasteiger partial charge in [0, 0.05) is 24.3 Å². The fraction of sp³-hybridized carbons (Fsp3) is 0.625. The Morgan fingerprint density at radius 2 is 2.17 bits per heavy atom. The van der Waals surface area contributed by atoms with E-state index in [4.69, 9.17) is 5.21 Å². The summed E-state index contributed by atoms with van der Waals surface area (Å²) < 4.78 is 1.93. The Bertz CT molecular complexity index is 268. The maximum Gasteiger partial charge on any atom is 0.0642 e. The zero-order valence-electron chi connectivity index (χ0n) is 7.76. The quantitative estimate of drug-likeness (QED) is 0.664. The van der Waals surface area contributed by atoms with Gasteiger partial charge in [-0.05, 0) is 20.8 Å². The predicted octanol–water partition coefficient (Wildman–Crippen LogP) is 0.999. The van der Waals surface area contributed by atoms with E-state index < -0.39 is 0 Å². The molecule has 1 aromatic heterocycles. The van der Waals surface area contributed by atoms with Crippen LogP contribution in [0.1, 0.15) is 23.9 Å². The summed E-state index contributed by atoms with van der Waals surface area (Å²) in [7, 11) is 0. The third kappa shape index (κ3) is 1.49. The highest BCUT2D eigenvalue weighted by Crippen LogP contribution is 2.11. The first-order valence-electron chi connectivity index (χ1n) is 4.10. The molecule has 0 aromatic carbocycles. The Labute approximate surface area is 72.2 Å².